The Bertz CT molecular complexity index is 695. The summed E-state index contributed by atoms with van der Waals surface area (Å²) >= 11 is 0. The van der Waals surface area contributed by atoms with Crippen LogP contribution in [0.1, 0.15) is 32.7 Å². The predicted octanol–water partition coefficient (Wildman–Crippen LogP) is 2.35. The summed E-state index contributed by atoms with van der Waals surface area (Å²) in [6.07, 6.45) is 3.83. The number of fused-ring (bicyclic) bond motifs is 1. The molecule has 1 aromatic carbocycles. The van der Waals surface area contributed by atoms with E-state index in [1.54, 1.807) is 0 Å². The van der Waals surface area contributed by atoms with Crippen molar-refractivity contribution in [3.05, 3.63) is 52.5 Å². The van der Waals surface area contributed by atoms with Crippen molar-refractivity contribution in [1.29, 1.82) is 0 Å². The summed E-state index contributed by atoms with van der Waals surface area (Å²) in [6.45, 7) is 5.92. The third-order valence-electron chi connectivity index (χ3n) is 3.88. The number of carboxylic acid groups (broad SMARTS) is 1. The molecule has 0 fully saturated rings. The van der Waals surface area contributed by atoms with Gasteiger partial charge in [0.15, 0.2) is 5.69 Å². The van der Waals surface area contributed by atoms with Gasteiger partial charge in [-0.1, -0.05) is 17.7 Å². The number of carboxylic acids is 1. The maximum Gasteiger partial charge on any atom is 0.356 e. The van der Waals surface area contributed by atoms with Crippen LogP contribution < -0.4 is 4.90 Å². The molecule has 2 aromatic rings. The topological polar surface area (TPSA) is 66.3 Å². The van der Waals surface area contributed by atoms with Gasteiger partial charge in [0.1, 0.15) is 5.82 Å². The van der Waals surface area contributed by atoms with E-state index < -0.39 is 5.97 Å². The lowest BCUT2D eigenvalue weighted by molar-refractivity contribution is 0.0690. The smallest absolute Gasteiger partial charge is 0.356 e. The SMILES string of the molecule is Cc1cc(C)c2c(c1)CN(c1cnc(C(=O)O)cn1)CC2. The number of aromatic nitrogens is 2. The second kappa shape index (κ2) is 5.16. The van der Waals surface area contributed by atoms with Gasteiger partial charge < -0.3 is 10.0 Å². The van der Waals surface area contributed by atoms with Crippen LogP contribution >= 0.6 is 0 Å². The Morgan fingerprint density at radius 3 is 2.71 bits per heavy atom. The molecule has 0 saturated heterocycles. The highest BCUT2D eigenvalue weighted by atomic mass is 16.4. The third kappa shape index (κ3) is 2.59. The van der Waals surface area contributed by atoms with Gasteiger partial charge in [-0.2, -0.15) is 0 Å². The molecule has 2 heterocycles. The average molecular weight is 283 g/mol. The fraction of sp³-hybridized carbons (Fsp3) is 0.312. The summed E-state index contributed by atoms with van der Waals surface area (Å²) in [5.41, 5.74) is 5.33. The number of hydrogen-bond acceptors (Lipinski definition) is 4. The minimum Gasteiger partial charge on any atom is -0.476 e. The van der Waals surface area contributed by atoms with Gasteiger partial charge in [-0.05, 0) is 37.0 Å². The molecule has 1 aromatic heterocycles. The van der Waals surface area contributed by atoms with Crippen LogP contribution in [0.25, 0.3) is 0 Å². The molecular weight excluding hydrogens is 266 g/mol. The molecule has 5 nitrogen and oxygen atoms in total. The van der Waals surface area contributed by atoms with Crippen molar-refractivity contribution in [2.24, 2.45) is 0 Å². The van der Waals surface area contributed by atoms with E-state index in [4.69, 9.17) is 5.11 Å². The molecule has 5 heteroatoms. The van der Waals surface area contributed by atoms with Crippen molar-refractivity contribution >= 4 is 11.8 Å². The fourth-order valence-corrected chi connectivity index (χ4v) is 2.91. The number of aryl methyl sites for hydroxylation is 2. The van der Waals surface area contributed by atoms with Crippen LogP contribution in [0.5, 0.6) is 0 Å². The van der Waals surface area contributed by atoms with Gasteiger partial charge in [-0.15, -0.1) is 0 Å². The summed E-state index contributed by atoms with van der Waals surface area (Å²) in [4.78, 5) is 21.1. The van der Waals surface area contributed by atoms with Gasteiger partial charge in [0.2, 0.25) is 0 Å². The molecule has 0 unspecified atom stereocenters. The van der Waals surface area contributed by atoms with E-state index in [-0.39, 0.29) is 5.69 Å². The Hall–Kier alpha value is -2.43. The standard InChI is InChI=1S/C16H17N3O2/c1-10-5-11(2)13-3-4-19(9-12(13)6-10)15-8-17-14(7-18-15)16(20)21/h5-8H,3-4,9H2,1-2H3,(H,20,21). The maximum atomic E-state index is 10.8. The van der Waals surface area contributed by atoms with Crippen LogP contribution in [-0.2, 0) is 13.0 Å². The van der Waals surface area contributed by atoms with Crippen LogP contribution in [0, 0.1) is 13.8 Å². The Kier molecular flexibility index (Phi) is 3.33. The van der Waals surface area contributed by atoms with Gasteiger partial charge in [0, 0.05) is 13.1 Å². The molecule has 0 atom stereocenters. The molecule has 0 aliphatic carbocycles. The van der Waals surface area contributed by atoms with Crippen molar-refractivity contribution in [2.45, 2.75) is 26.8 Å². The van der Waals surface area contributed by atoms with Gasteiger partial charge in [0.05, 0.1) is 12.4 Å². The van der Waals surface area contributed by atoms with Gasteiger partial charge in [-0.25, -0.2) is 14.8 Å². The second-order valence-corrected chi connectivity index (χ2v) is 5.46. The lowest BCUT2D eigenvalue weighted by Gasteiger charge is -2.30. The van der Waals surface area contributed by atoms with Crippen LogP contribution in [0.2, 0.25) is 0 Å². The van der Waals surface area contributed by atoms with E-state index in [1.165, 1.54) is 34.6 Å². The van der Waals surface area contributed by atoms with Gasteiger partial charge >= 0.3 is 5.97 Å². The van der Waals surface area contributed by atoms with E-state index >= 15 is 0 Å². The van der Waals surface area contributed by atoms with E-state index in [2.05, 4.69) is 40.8 Å². The normalized spacial score (nSPS) is 13.9. The molecule has 21 heavy (non-hydrogen) atoms. The lowest BCUT2D eigenvalue weighted by Crippen LogP contribution is -2.31. The van der Waals surface area contributed by atoms with Crippen molar-refractivity contribution in [1.82, 2.24) is 9.97 Å². The molecule has 1 N–H and O–H groups in total. The highest BCUT2D eigenvalue weighted by Crippen LogP contribution is 2.26. The second-order valence-electron chi connectivity index (χ2n) is 5.46. The summed E-state index contributed by atoms with van der Waals surface area (Å²) in [7, 11) is 0. The quantitative estimate of drug-likeness (QED) is 0.916. The summed E-state index contributed by atoms with van der Waals surface area (Å²) < 4.78 is 0. The molecule has 0 saturated carbocycles. The van der Waals surface area contributed by atoms with E-state index in [0.717, 1.165) is 25.3 Å². The molecule has 108 valence electrons. The Morgan fingerprint density at radius 2 is 2.05 bits per heavy atom. The minimum atomic E-state index is -1.05. The van der Waals surface area contributed by atoms with Gasteiger partial charge in [-0.3, -0.25) is 0 Å². The number of nitrogens with zero attached hydrogens (tertiary/aromatic N) is 3. The number of hydrogen-bond donors (Lipinski definition) is 1. The summed E-state index contributed by atoms with van der Waals surface area (Å²) in [5.74, 6) is -0.325. The lowest BCUT2D eigenvalue weighted by atomic mass is 9.93. The Labute approximate surface area is 123 Å². The third-order valence-corrected chi connectivity index (χ3v) is 3.88. The fourth-order valence-electron chi connectivity index (χ4n) is 2.91. The maximum absolute atomic E-state index is 10.8. The molecular formula is C16H17N3O2. The molecule has 0 amide bonds. The van der Waals surface area contributed by atoms with Crippen molar-refractivity contribution in [2.75, 3.05) is 11.4 Å². The minimum absolute atomic E-state index is 0.0251. The zero-order chi connectivity index (χ0) is 15.0. The Balaban J connectivity index is 1.87. The van der Waals surface area contributed by atoms with Crippen LogP contribution in [0.3, 0.4) is 0 Å². The van der Waals surface area contributed by atoms with Crippen molar-refractivity contribution in [3.8, 4) is 0 Å². The first kappa shape index (κ1) is 13.5. The molecule has 3 rings (SSSR count). The first-order valence-corrected chi connectivity index (χ1v) is 6.94. The molecule has 1 aliphatic heterocycles. The first-order chi connectivity index (χ1) is 10.0. The number of rotatable bonds is 2. The van der Waals surface area contributed by atoms with E-state index in [1.807, 2.05) is 0 Å². The number of carbonyl (C=O) groups is 1. The number of anilines is 1. The van der Waals surface area contributed by atoms with Crippen molar-refractivity contribution < 1.29 is 9.90 Å². The zero-order valence-corrected chi connectivity index (χ0v) is 12.1. The number of benzene rings is 1. The molecule has 0 bridgehead atoms. The highest BCUT2D eigenvalue weighted by molar-refractivity contribution is 5.84. The van der Waals surface area contributed by atoms with Crippen molar-refractivity contribution in [3.63, 3.8) is 0 Å². The van der Waals surface area contributed by atoms with E-state index in [0.29, 0.717) is 0 Å². The predicted molar refractivity (Wildman–Crippen MR) is 79.7 cm³/mol. The molecule has 0 radical (unpaired) electrons. The average Bonchev–Trinajstić information content (AvgIpc) is 2.46. The van der Waals surface area contributed by atoms with Crippen LogP contribution in [0.15, 0.2) is 24.5 Å². The van der Waals surface area contributed by atoms with E-state index in [9.17, 15) is 4.79 Å². The van der Waals surface area contributed by atoms with Crippen LogP contribution in [-0.4, -0.2) is 27.6 Å². The first-order valence-electron chi connectivity index (χ1n) is 6.94. The highest BCUT2D eigenvalue weighted by Gasteiger charge is 2.19. The van der Waals surface area contributed by atoms with Crippen LogP contribution in [0.4, 0.5) is 5.82 Å². The monoisotopic (exact) mass is 283 g/mol. The summed E-state index contributed by atoms with van der Waals surface area (Å²) in [6, 6.07) is 4.43. The van der Waals surface area contributed by atoms with Gasteiger partial charge in [0.25, 0.3) is 0 Å². The molecule has 0 spiro atoms. The largest absolute Gasteiger partial charge is 0.476 e. The molecule has 1 aliphatic rings. The summed E-state index contributed by atoms with van der Waals surface area (Å²) in [5, 5.41) is 8.86. The number of aromatic carboxylic acids is 1. The zero-order valence-electron chi connectivity index (χ0n) is 12.1. The Morgan fingerprint density at radius 1 is 1.24 bits per heavy atom.